The smallest absolute Gasteiger partial charge is 0.317 e. The zero-order chi connectivity index (χ0) is 19.8. The van der Waals surface area contributed by atoms with Crippen molar-refractivity contribution in [2.75, 3.05) is 24.5 Å². The maximum Gasteiger partial charge on any atom is 0.317 e. The molecule has 2 amide bonds. The summed E-state index contributed by atoms with van der Waals surface area (Å²) >= 11 is 0. The number of nitrogens with zero attached hydrogens (tertiary/aromatic N) is 3. The van der Waals surface area contributed by atoms with Crippen LogP contribution < -0.4 is 10.2 Å². The molecule has 0 radical (unpaired) electrons. The number of aryl methyl sites for hydroxylation is 1. The Labute approximate surface area is 170 Å². The highest BCUT2D eigenvalue weighted by Gasteiger charge is 2.31. The van der Waals surface area contributed by atoms with E-state index in [4.69, 9.17) is 4.52 Å². The summed E-state index contributed by atoms with van der Waals surface area (Å²) in [4.78, 5) is 16.9. The summed E-state index contributed by atoms with van der Waals surface area (Å²) in [6, 6.07) is 5.48. The van der Waals surface area contributed by atoms with Crippen molar-refractivity contribution < 1.29 is 13.7 Å². The Bertz CT molecular complexity index is 904. The van der Waals surface area contributed by atoms with Gasteiger partial charge in [-0.05, 0) is 62.3 Å². The molecule has 1 aromatic heterocycles. The number of carbonyl (C=O) groups is 1. The third-order valence-corrected chi connectivity index (χ3v) is 6.60. The number of likely N-dealkylation sites (tertiary alicyclic amines) is 1. The minimum atomic E-state index is -0.162. The molecule has 1 saturated heterocycles. The standard InChI is InChI=1S/C22H27FN4O2/c23-16-5-6-20-15(13-16)7-12-27(20)17-8-10-26(11-9-17)22(28)24-14-19-18-3-1-2-4-21(18)29-25-19/h5-6,13,17H,1-4,7-12,14H2,(H,24,28). The lowest BCUT2D eigenvalue weighted by Gasteiger charge is -2.38. The summed E-state index contributed by atoms with van der Waals surface area (Å²) < 4.78 is 18.9. The van der Waals surface area contributed by atoms with Gasteiger partial charge in [0.15, 0.2) is 0 Å². The van der Waals surface area contributed by atoms with Gasteiger partial charge in [-0.3, -0.25) is 0 Å². The van der Waals surface area contributed by atoms with Crippen LogP contribution in [0.15, 0.2) is 22.7 Å². The Balaban J connectivity index is 1.14. The van der Waals surface area contributed by atoms with Crippen LogP contribution in [0.25, 0.3) is 0 Å². The molecule has 6 nitrogen and oxygen atoms in total. The highest BCUT2D eigenvalue weighted by Crippen LogP contribution is 2.33. The van der Waals surface area contributed by atoms with Gasteiger partial charge in [-0.1, -0.05) is 5.16 Å². The number of aromatic nitrogens is 1. The zero-order valence-corrected chi connectivity index (χ0v) is 16.6. The summed E-state index contributed by atoms with van der Waals surface area (Å²) in [5.74, 6) is 0.831. The number of hydrogen-bond acceptors (Lipinski definition) is 4. The molecule has 1 aromatic carbocycles. The molecule has 0 bridgehead atoms. The van der Waals surface area contributed by atoms with Crippen LogP contribution in [0.2, 0.25) is 0 Å². The molecular weight excluding hydrogens is 371 g/mol. The summed E-state index contributed by atoms with van der Waals surface area (Å²) in [5, 5.41) is 7.19. The predicted molar refractivity (Wildman–Crippen MR) is 107 cm³/mol. The molecule has 1 aliphatic carbocycles. The van der Waals surface area contributed by atoms with Gasteiger partial charge in [-0.15, -0.1) is 0 Å². The minimum Gasteiger partial charge on any atom is -0.368 e. The van der Waals surface area contributed by atoms with Crippen molar-refractivity contribution in [1.82, 2.24) is 15.4 Å². The number of anilines is 1. The quantitative estimate of drug-likeness (QED) is 0.861. The van der Waals surface area contributed by atoms with Crippen molar-refractivity contribution in [3.8, 4) is 0 Å². The summed E-state index contributed by atoms with van der Waals surface area (Å²) in [6.07, 6.45) is 7.03. The number of nitrogens with one attached hydrogen (secondary N) is 1. The van der Waals surface area contributed by atoms with Crippen molar-refractivity contribution in [2.24, 2.45) is 0 Å². The molecular formula is C22H27FN4O2. The molecule has 2 aliphatic heterocycles. The first-order valence-electron chi connectivity index (χ1n) is 10.7. The molecule has 1 N–H and O–H groups in total. The van der Waals surface area contributed by atoms with Crippen molar-refractivity contribution in [2.45, 2.75) is 57.5 Å². The normalized spacial score (nSPS) is 19.2. The number of hydrogen-bond donors (Lipinski definition) is 1. The highest BCUT2D eigenvalue weighted by molar-refractivity contribution is 5.74. The molecule has 0 atom stereocenters. The van der Waals surface area contributed by atoms with Crippen molar-refractivity contribution >= 4 is 11.7 Å². The van der Waals surface area contributed by atoms with Gasteiger partial charge in [0, 0.05) is 43.3 Å². The minimum absolute atomic E-state index is 0.0279. The molecule has 0 unspecified atom stereocenters. The van der Waals surface area contributed by atoms with Crippen LogP contribution in [-0.2, 0) is 25.8 Å². The van der Waals surface area contributed by atoms with Crippen molar-refractivity contribution in [3.63, 3.8) is 0 Å². The highest BCUT2D eigenvalue weighted by atomic mass is 19.1. The number of rotatable bonds is 3. The molecule has 3 aliphatic rings. The second kappa shape index (κ2) is 7.69. The molecule has 0 spiro atoms. The fraction of sp³-hybridized carbons (Fsp3) is 0.545. The first-order valence-corrected chi connectivity index (χ1v) is 10.7. The lowest BCUT2D eigenvalue weighted by molar-refractivity contribution is 0.180. The number of halogens is 1. The fourth-order valence-electron chi connectivity index (χ4n) is 5.01. The largest absolute Gasteiger partial charge is 0.368 e. The predicted octanol–water partition coefficient (Wildman–Crippen LogP) is 3.43. The fourth-order valence-corrected chi connectivity index (χ4v) is 5.01. The van der Waals surface area contributed by atoms with Gasteiger partial charge in [0.1, 0.15) is 17.3 Å². The topological polar surface area (TPSA) is 61.6 Å². The van der Waals surface area contributed by atoms with Gasteiger partial charge < -0.3 is 19.6 Å². The van der Waals surface area contributed by atoms with Gasteiger partial charge in [-0.2, -0.15) is 0 Å². The summed E-state index contributed by atoms with van der Waals surface area (Å²) in [6.45, 7) is 2.84. The van der Waals surface area contributed by atoms with Crippen LogP contribution in [0.4, 0.5) is 14.9 Å². The number of fused-ring (bicyclic) bond motifs is 2. The van der Waals surface area contributed by atoms with Gasteiger partial charge in [0.05, 0.1) is 6.54 Å². The van der Waals surface area contributed by atoms with E-state index >= 15 is 0 Å². The number of carbonyl (C=O) groups excluding carboxylic acids is 1. The molecule has 154 valence electrons. The molecule has 3 heterocycles. The maximum absolute atomic E-state index is 13.5. The lowest BCUT2D eigenvalue weighted by atomic mass is 9.96. The van der Waals surface area contributed by atoms with E-state index in [0.717, 1.165) is 87.3 Å². The SMILES string of the molecule is O=C(NCc1noc2c1CCCC2)N1CCC(N2CCc3cc(F)ccc32)CC1. The van der Waals surface area contributed by atoms with Crippen LogP contribution in [0.3, 0.4) is 0 Å². The van der Waals surface area contributed by atoms with Crippen LogP contribution in [-0.4, -0.2) is 41.8 Å². The molecule has 1 fully saturated rings. The van der Waals surface area contributed by atoms with Gasteiger partial charge >= 0.3 is 6.03 Å². The van der Waals surface area contributed by atoms with E-state index in [1.54, 1.807) is 12.1 Å². The van der Waals surface area contributed by atoms with Crippen molar-refractivity contribution in [1.29, 1.82) is 0 Å². The number of urea groups is 1. The Morgan fingerprint density at radius 2 is 2.00 bits per heavy atom. The number of benzene rings is 1. The first-order chi connectivity index (χ1) is 14.2. The average molecular weight is 398 g/mol. The Morgan fingerprint density at radius 1 is 1.17 bits per heavy atom. The molecule has 0 saturated carbocycles. The molecule has 2 aromatic rings. The summed E-state index contributed by atoms with van der Waals surface area (Å²) in [7, 11) is 0. The van der Waals surface area contributed by atoms with E-state index in [1.807, 2.05) is 11.0 Å². The number of amides is 2. The molecule has 7 heteroatoms. The van der Waals surface area contributed by atoms with Gasteiger partial charge in [0.25, 0.3) is 0 Å². The first kappa shape index (κ1) is 18.5. The Hall–Kier alpha value is -2.57. The Kier molecular flexibility index (Phi) is 4.89. The van der Waals surface area contributed by atoms with E-state index in [-0.39, 0.29) is 11.8 Å². The average Bonchev–Trinajstić information content (AvgIpc) is 3.36. The second-order valence-electron chi connectivity index (χ2n) is 8.33. The van der Waals surface area contributed by atoms with E-state index in [2.05, 4.69) is 15.4 Å². The van der Waals surface area contributed by atoms with Crippen LogP contribution in [0.1, 0.15) is 48.3 Å². The third-order valence-electron chi connectivity index (χ3n) is 6.60. The maximum atomic E-state index is 13.5. The van der Waals surface area contributed by atoms with Crippen LogP contribution in [0.5, 0.6) is 0 Å². The van der Waals surface area contributed by atoms with E-state index < -0.39 is 0 Å². The lowest BCUT2D eigenvalue weighted by Crippen LogP contribution is -2.49. The van der Waals surface area contributed by atoms with E-state index in [1.165, 1.54) is 5.56 Å². The van der Waals surface area contributed by atoms with Gasteiger partial charge in [0.2, 0.25) is 0 Å². The molecule has 29 heavy (non-hydrogen) atoms. The van der Waals surface area contributed by atoms with Gasteiger partial charge in [-0.25, -0.2) is 9.18 Å². The monoisotopic (exact) mass is 398 g/mol. The second-order valence-corrected chi connectivity index (χ2v) is 8.33. The van der Waals surface area contributed by atoms with E-state index in [9.17, 15) is 9.18 Å². The van der Waals surface area contributed by atoms with Crippen LogP contribution >= 0.6 is 0 Å². The summed E-state index contributed by atoms with van der Waals surface area (Å²) in [5.41, 5.74) is 4.33. The number of piperidine rings is 1. The third kappa shape index (κ3) is 3.58. The van der Waals surface area contributed by atoms with Crippen LogP contribution in [0, 0.1) is 5.82 Å². The van der Waals surface area contributed by atoms with Crippen molar-refractivity contribution in [3.05, 3.63) is 46.6 Å². The Morgan fingerprint density at radius 3 is 2.86 bits per heavy atom. The zero-order valence-electron chi connectivity index (χ0n) is 16.6. The van der Waals surface area contributed by atoms with E-state index in [0.29, 0.717) is 12.6 Å². The molecule has 5 rings (SSSR count).